The zero-order chi connectivity index (χ0) is 17.2. The monoisotopic (exact) mass is 341 g/mol. The first kappa shape index (κ1) is 16.1. The number of carboxylic acids is 1. The SMILES string of the molecule is O=C(O)[C@@H]1C[C@H](Oc2ccccc2)CN1Cc1cnn(C2CCC2)c1. The van der Waals surface area contributed by atoms with Gasteiger partial charge in [-0.2, -0.15) is 5.10 Å². The highest BCUT2D eigenvalue weighted by molar-refractivity contribution is 5.74. The van der Waals surface area contributed by atoms with Crippen LogP contribution in [0.25, 0.3) is 0 Å². The van der Waals surface area contributed by atoms with Gasteiger partial charge in [-0.3, -0.25) is 14.4 Å². The van der Waals surface area contributed by atoms with E-state index in [0.717, 1.165) is 11.3 Å². The Bertz CT molecular complexity index is 727. The average Bonchev–Trinajstić information content (AvgIpc) is 3.14. The van der Waals surface area contributed by atoms with Gasteiger partial charge in [-0.15, -0.1) is 0 Å². The predicted molar refractivity (Wildman–Crippen MR) is 92.4 cm³/mol. The number of hydrogen-bond acceptors (Lipinski definition) is 4. The highest BCUT2D eigenvalue weighted by Crippen LogP contribution is 2.31. The maximum atomic E-state index is 11.7. The van der Waals surface area contributed by atoms with E-state index in [1.54, 1.807) is 0 Å². The van der Waals surface area contributed by atoms with E-state index in [1.807, 2.05) is 46.1 Å². The fourth-order valence-corrected chi connectivity index (χ4v) is 3.61. The van der Waals surface area contributed by atoms with Gasteiger partial charge >= 0.3 is 5.97 Å². The minimum Gasteiger partial charge on any atom is -0.489 e. The van der Waals surface area contributed by atoms with Crippen LogP contribution in [0.1, 0.15) is 37.3 Å². The Morgan fingerprint density at radius 1 is 1.28 bits per heavy atom. The highest BCUT2D eigenvalue weighted by atomic mass is 16.5. The largest absolute Gasteiger partial charge is 0.489 e. The van der Waals surface area contributed by atoms with E-state index in [0.29, 0.717) is 25.6 Å². The molecule has 2 atom stereocenters. The summed E-state index contributed by atoms with van der Waals surface area (Å²) in [5.41, 5.74) is 1.07. The fraction of sp³-hybridized carbons (Fsp3) is 0.474. The predicted octanol–water partition coefficient (Wildman–Crippen LogP) is 2.71. The Labute approximate surface area is 147 Å². The van der Waals surface area contributed by atoms with Crippen molar-refractivity contribution in [3.8, 4) is 5.75 Å². The second kappa shape index (κ2) is 6.88. The minimum atomic E-state index is -0.787. The summed E-state index contributed by atoms with van der Waals surface area (Å²) in [4.78, 5) is 13.6. The molecule has 0 unspecified atom stereocenters. The molecule has 1 aliphatic carbocycles. The smallest absolute Gasteiger partial charge is 0.321 e. The van der Waals surface area contributed by atoms with Crippen molar-refractivity contribution < 1.29 is 14.6 Å². The summed E-state index contributed by atoms with van der Waals surface area (Å²) in [6, 6.07) is 9.60. The zero-order valence-electron chi connectivity index (χ0n) is 14.1. The number of ether oxygens (including phenoxy) is 1. The third-order valence-corrected chi connectivity index (χ3v) is 5.19. The number of aromatic nitrogens is 2. The normalized spacial score (nSPS) is 24.2. The summed E-state index contributed by atoms with van der Waals surface area (Å²) >= 11 is 0. The van der Waals surface area contributed by atoms with Gasteiger partial charge in [0.25, 0.3) is 0 Å². The first-order valence-electron chi connectivity index (χ1n) is 8.90. The van der Waals surface area contributed by atoms with Crippen LogP contribution in [-0.4, -0.2) is 44.4 Å². The van der Waals surface area contributed by atoms with Gasteiger partial charge in [-0.25, -0.2) is 0 Å². The van der Waals surface area contributed by atoms with Gasteiger partial charge in [0.1, 0.15) is 17.9 Å². The molecule has 0 bridgehead atoms. The van der Waals surface area contributed by atoms with Crippen LogP contribution in [0, 0.1) is 0 Å². The lowest BCUT2D eigenvalue weighted by atomic mass is 9.93. The molecule has 6 nitrogen and oxygen atoms in total. The highest BCUT2D eigenvalue weighted by Gasteiger charge is 2.38. The van der Waals surface area contributed by atoms with Crippen LogP contribution >= 0.6 is 0 Å². The van der Waals surface area contributed by atoms with Crippen molar-refractivity contribution in [2.75, 3.05) is 6.54 Å². The topological polar surface area (TPSA) is 67.6 Å². The van der Waals surface area contributed by atoms with Gasteiger partial charge in [-0.1, -0.05) is 18.2 Å². The lowest BCUT2D eigenvalue weighted by Crippen LogP contribution is -2.35. The van der Waals surface area contributed by atoms with Crippen LogP contribution < -0.4 is 4.74 Å². The Kier molecular flexibility index (Phi) is 4.44. The summed E-state index contributed by atoms with van der Waals surface area (Å²) in [6.07, 6.45) is 7.97. The molecule has 2 heterocycles. The summed E-state index contributed by atoms with van der Waals surface area (Å²) in [5.74, 6) is 0.00170. The fourth-order valence-electron chi connectivity index (χ4n) is 3.61. The molecule has 4 rings (SSSR count). The van der Waals surface area contributed by atoms with E-state index < -0.39 is 12.0 Å². The number of carboxylic acid groups (broad SMARTS) is 1. The van der Waals surface area contributed by atoms with E-state index in [4.69, 9.17) is 4.74 Å². The maximum absolute atomic E-state index is 11.7. The average molecular weight is 341 g/mol. The summed E-state index contributed by atoms with van der Waals surface area (Å²) < 4.78 is 8.00. The molecule has 0 spiro atoms. The molecule has 1 aliphatic heterocycles. The molecule has 2 aromatic rings. The van der Waals surface area contributed by atoms with Crippen molar-refractivity contribution in [1.29, 1.82) is 0 Å². The third-order valence-electron chi connectivity index (χ3n) is 5.19. The van der Waals surface area contributed by atoms with Gasteiger partial charge in [-0.05, 0) is 31.4 Å². The quantitative estimate of drug-likeness (QED) is 0.875. The van der Waals surface area contributed by atoms with Gasteiger partial charge in [0.15, 0.2) is 0 Å². The zero-order valence-corrected chi connectivity index (χ0v) is 14.1. The first-order valence-corrected chi connectivity index (χ1v) is 8.90. The van der Waals surface area contributed by atoms with Crippen molar-refractivity contribution in [3.63, 3.8) is 0 Å². The Morgan fingerprint density at radius 2 is 2.08 bits per heavy atom. The molecule has 2 fully saturated rings. The van der Waals surface area contributed by atoms with Crippen LogP contribution in [0.15, 0.2) is 42.7 Å². The van der Waals surface area contributed by atoms with E-state index >= 15 is 0 Å². The minimum absolute atomic E-state index is 0.106. The third kappa shape index (κ3) is 3.54. The van der Waals surface area contributed by atoms with Gasteiger partial charge < -0.3 is 9.84 Å². The van der Waals surface area contributed by atoms with E-state index in [-0.39, 0.29) is 6.10 Å². The molecule has 2 aliphatic rings. The molecule has 6 heteroatoms. The van der Waals surface area contributed by atoms with E-state index in [2.05, 4.69) is 11.3 Å². The van der Waals surface area contributed by atoms with Crippen molar-refractivity contribution in [1.82, 2.24) is 14.7 Å². The van der Waals surface area contributed by atoms with Crippen LogP contribution in [-0.2, 0) is 11.3 Å². The number of likely N-dealkylation sites (tertiary alicyclic amines) is 1. The summed E-state index contributed by atoms with van der Waals surface area (Å²) in [7, 11) is 0. The van der Waals surface area contributed by atoms with Crippen molar-refractivity contribution in [2.45, 2.75) is 50.4 Å². The number of para-hydroxylation sites is 1. The summed E-state index contributed by atoms with van der Waals surface area (Å²) in [6.45, 7) is 1.21. The maximum Gasteiger partial charge on any atom is 0.321 e. The molecule has 1 saturated carbocycles. The van der Waals surface area contributed by atoms with Gasteiger partial charge in [0.2, 0.25) is 0 Å². The molecular weight excluding hydrogens is 318 g/mol. The number of hydrogen-bond donors (Lipinski definition) is 1. The van der Waals surface area contributed by atoms with Crippen molar-refractivity contribution in [3.05, 3.63) is 48.3 Å². The molecular formula is C19H23N3O3. The molecule has 1 aromatic heterocycles. The second-order valence-corrected chi connectivity index (χ2v) is 6.99. The Morgan fingerprint density at radius 3 is 2.76 bits per heavy atom. The van der Waals surface area contributed by atoms with Crippen LogP contribution in [0.2, 0.25) is 0 Å². The van der Waals surface area contributed by atoms with Crippen molar-refractivity contribution in [2.24, 2.45) is 0 Å². The molecule has 1 saturated heterocycles. The van der Waals surface area contributed by atoms with Crippen molar-refractivity contribution >= 4 is 5.97 Å². The van der Waals surface area contributed by atoms with Crippen LogP contribution in [0.5, 0.6) is 5.75 Å². The molecule has 1 N–H and O–H groups in total. The number of benzene rings is 1. The lowest BCUT2D eigenvalue weighted by Gasteiger charge is -2.25. The number of aliphatic carboxylic acids is 1. The second-order valence-electron chi connectivity index (χ2n) is 6.99. The molecule has 0 amide bonds. The number of rotatable bonds is 6. The van der Waals surface area contributed by atoms with Gasteiger partial charge in [0, 0.05) is 31.3 Å². The first-order chi connectivity index (χ1) is 12.2. The lowest BCUT2D eigenvalue weighted by molar-refractivity contribution is -0.142. The van der Waals surface area contributed by atoms with E-state index in [1.165, 1.54) is 19.3 Å². The molecule has 1 aromatic carbocycles. The Balaban J connectivity index is 1.42. The van der Waals surface area contributed by atoms with Gasteiger partial charge in [0.05, 0.1) is 12.2 Å². The number of carbonyl (C=O) groups is 1. The molecule has 25 heavy (non-hydrogen) atoms. The standard InChI is InChI=1S/C19H23N3O3/c23-19(24)18-9-17(25-16-7-2-1-3-8-16)13-21(18)11-14-10-20-22(12-14)15-5-4-6-15/h1-3,7-8,10,12,15,17-18H,4-6,9,11,13H2,(H,23,24)/t17-,18-/m0/s1. The number of nitrogens with zero attached hydrogens (tertiary/aromatic N) is 3. The molecule has 0 radical (unpaired) electrons. The van der Waals surface area contributed by atoms with E-state index in [9.17, 15) is 9.90 Å². The van der Waals surface area contributed by atoms with Crippen LogP contribution in [0.4, 0.5) is 0 Å². The molecule has 132 valence electrons. The summed E-state index contributed by atoms with van der Waals surface area (Å²) in [5, 5.41) is 14.0. The van der Waals surface area contributed by atoms with Crippen LogP contribution in [0.3, 0.4) is 0 Å². The Hall–Kier alpha value is -2.34.